The second kappa shape index (κ2) is 7.35. The molecule has 0 saturated heterocycles. The van der Waals surface area contributed by atoms with Crippen LogP contribution in [0.25, 0.3) is 0 Å². The van der Waals surface area contributed by atoms with Gasteiger partial charge in [-0.3, -0.25) is 19.7 Å². The molecule has 8 heteroatoms. The lowest BCUT2D eigenvalue weighted by Crippen LogP contribution is -2.27. The van der Waals surface area contributed by atoms with Crippen molar-refractivity contribution in [2.24, 2.45) is 17.1 Å². The SMILES string of the molecule is CC(C)(C)[C@@H]1CCc2c(sc(NC(=O)c3ccccc3[N+](=O)[O-])c2C(N)=O)C1. The smallest absolute Gasteiger partial charge is 0.282 e. The molecule has 1 aliphatic rings. The summed E-state index contributed by atoms with van der Waals surface area (Å²) in [6.45, 7) is 6.59. The van der Waals surface area contributed by atoms with Crippen molar-refractivity contribution in [2.75, 3.05) is 5.32 Å². The van der Waals surface area contributed by atoms with E-state index < -0.39 is 16.7 Å². The minimum atomic E-state index is -0.624. The van der Waals surface area contributed by atoms with Gasteiger partial charge in [0.15, 0.2) is 0 Å². The van der Waals surface area contributed by atoms with Crippen LogP contribution in [-0.2, 0) is 12.8 Å². The largest absolute Gasteiger partial charge is 0.365 e. The summed E-state index contributed by atoms with van der Waals surface area (Å²) in [7, 11) is 0. The summed E-state index contributed by atoms with van der Waals surface area (Å²) in [5.41, 5.74) is 6.64. The van der Waals surface area contributed by atoms with Gasteiger partial charge < -0.3 is 11.1 Å². The number of carbonyl (C=O) groups is 2. The molecule has 0 fully saturated rings. The molecule has 0 bridgehead atoms. The van der Waals surface area contributed by atoms with Crippen LogP contribution in [0.1, 0.15) is 58.3 Å². The molecule has 0 spiro atoms. The van der Waals surface area contributed by atoms with Gasteiger partial charge in [-0.05, 0) is 42.2 Å². The van der Waals surface area contributed by atoms with Crippen molar-refractivity contribution in [1.82, 2.24) is 0 Å². The molecule has 28 heavy (non-hydrogen) atoms. The van der Waals surface area contributed by atoms with E-state index >= 15 is 0 Å². The Kier molecular flexibility index (Phi) is 5.25. The zero-order chi connectivity index (χ0) is 20.6. The third-order valence-corrected chi connectivity index (χ3v) is 6.48. The number of hydrogen-bond donors (Lipinski definition) is 2. The maximum absolute atomic E-state index is 12.7. The van der Waals surface area contributed by atoms with Gasteiger partial charge in [-0.25, -0.2) is 0 Å². The van der Waals surface area contributed by atoms with Crippen LogP contribution >= 0.6 is 11.3 Å². The third kappa shape index (κ3) is 3.77. The first-order valence-electron chi connectivity index (χ1n) is 9.08. The second-order valence-electron chi connectivity index (χ2n) is 8.11. The van der Waals surface area contributed by atoms with E-state index in [2.05, 4.69) is 26.1 Å². The summed E-state index contributed by atoms with van der Waals surface area (Å²) in [6, 6.07) is 5.72. The van der Waals surface area contributed by atoms with Gasteiger partial charge in [-0.15, -0.1) is 11.3 Å². The standard InChI is InChI=1S/C20H23N3O4S/c1-20(2,3)11-8-9-13-15(10-11)28-19(16(13)17(21)24)22-18(25)12-6-4-5-7-14(12)23(26)27/h4-7,11H,8-10H2,1-3H3,(H2,21,24)(H,22,25)/t11-/m1/s1. The van der Waals surface area contributed by atoms with Crippen molar-refractivity contribution in [1.29, 1.82) is 0 Å². The first-order chi connectivity index (χ1) is 13.1. The highest BCUT2D eigenvalue weighted by molar-refractivity contribution is 7.17. The van der Waals surface area contributed by atoms with Gasteiger partial charge in [0.05, 0.1) is 10.5 Å². The molecule has 0 aliphatic heterocycles. The summed E-state index contributed by atoms with van der Waals surface area (Å²) in [5.74, 6) is -0.747. The predicted molar refractivity (Wildman–Crippen MR) is 109 cm³/mol. The number of nitro groups is 1. The Hall–Kier alpha value is -2.74. The summed E-state index contributed by atoms with van der Waals surface area (Å²) in [6.07, 6.45) is 2.50. The molecule has 0 radical (unpaired) electrons. The molecule has 2 amide bonds. The molecule has 1 heterocycles. The Balaban J connectivity index is 1.96. The average molecular weight is 401 g/mol. The number of anilines is 1. The molecule has 148 valence electrons. The van der Waals surface area contributed by atoms with Crippen LogP contribution in [0.4, 0.5) is 10.7 Å². The number of nitrogens with zero attached hydrogens (tertiary/aromatic N) is 1. The summed E-state index contributed by atoms with van der Waals surface area (Å²) in [4.78, 5) is 36.4. The molecular weight excluding hydrogens is 378 g/mol. The van der Waals surface area contributed by atoms with Crippen LogP contribution in [0.2, 0.25) is 0 Å². The molecule has 3 N–H and O–H groups in total. The second-order valence-corrected chi connectivity index (χ2v) is 9.21. The lowest BCUT2D eigenvalue weighted by atomic mass is 9.72. The first-order valence-corrected chi connectivity index (χ1v) is 9.90. The number of para-hydroxylation sites is 1. The van der Waals surface area contributed by atoms with Gasteiger partial charge in [0.1, 0.15) is 10.6 Å². The van der Waals surface area contributed by atoms with Crippen LogP contribution in [0.3, 0.4) is 0 Å². The minimum absolute atomic E-state index is 0.0538. The molecule has 3 rings (SSSR count). The van der Waals surface area contributed by atoms with Crippen LogP contribution in [-0.4, -0.2) is 16.7 Å². The number of fused-ring (bicyclic) bond motifs is 1. The molecule has 2 aromatic rings. The number of hydrogen-bond acceptors (Lipinski definition) is 5. The van der Waals surface area contributed by atoms with Crippen molar-refractivity contribution in [3.8, 4) is 0 Å². The normalized spacial score (nSPS) is 16.3. The molecule has 7 nitrogen and oxygen atoms in total. The number of nitrogens with two attached hydrogens (primary N) is 1. The third-order valence-electron chi connectivity index (χ3n) is 5.31. The van der Waals surface area contributed by atoms with Gasteiger partial charge in [-0.2, -0.15) is 0 Å². The van der Waals surface area contributed by atoms with Crippen molar-refractivity contribution in [2.45, 2.75) is 40.0 Å². The topological polar surface area (TPSA) is 115 Å². The first kappa shape index (κ1) is 20.0. The van der Waals surface area contributed by atoms with E-state index in [1.54, 1.807) is 6.07 Å². The number of carbonyl (C=O) groups excluding carboxylic acids is 2. The average Bonchev–Trinajstić information content (AvgIpc) is 2.97. The number of amides is 2. The van der Waals surface area contributed by atoms with Crippen molar-refractivity contribution >= 4 is 33.8 Å². The predicted octanol–water partition coefficient (Wildman–Crippen LogP) is 4.16. The molecule has 0 unspecified atom stereocenters. The van der Waals surface area contributed by atoms with Crippen molar-refractivity contribution < 1.29 is 14.5 Å². The number of benzene rings is 1. The molecule has 1 aromatic heterocycles. The van der Waals surface area contributed by atoms with E-state index in [0.717, 1.165) is 29.7 Å². The fourth-order valence-electron chi connectivity index (χ4n) is 3.67. The molecule has 1 aromatic carbocycles. The van der Waals surface area contributed by atoms with Gasteiger partial charge >= 0.3 is 0 Å². The number of thiophene rings is 1. The van der Waals surface area contributed by atoms with Crippen LogP contribution in [0.15, 0.2) is 24.3 Å². The molecule has 1 aliphatic carbocycles. The van der Waals surface area contributed by atoms with Gasteiger partial charge in [0.2, 0.25) is 0 Å². The highest BCUT2D eigenvalue weighted by Gasteiger charge is 2.34. The van der Waals surface area contributed by atoms with Crippen LogP contribution in [0, 0.1) is 21.4 Å². The quantitative estimate of drug-likeness (QED) is 0.591. The molecule has 1 atom stereocenters. The molecule has 0 saturated carbocycles. The van der Waals surface area contributed by atoms with Crippen molar-refractivity contribution in [3.63, 3.8) is 0 Å². The zero-order valence-electron chi connectivity index (χ0n) is 16.1. The Morgan fingerprint density at radius 3 is 2.57 bits per heavy atom. The lowest BCUT2D eigenvalue weighted by Gasteiger charge is -2.33. The number of nitrogens with one attached hydrogen (secondary N) is 1. The Morgan fingerprint density at radius 2 is 1.96 bits per heavy atom. The number of rotatable bonds is 4. The lowest BCUT2D eigenvalue weighted by molar-refractivity contribution is -0.385. The van der Waals surface area contributed by atoms with Gasteiger partial charge in [0.25, 0.3) is 17.5 Å². The van der Waals surface area contributed by atoms with Crippen molar-refractivity contribution in [3.05, 3.63) is 55.9 Å². The van der Waals surface area contributed by atoms with E-state index in [1.807, 2.05) is 0 Å². The van der Waals surface area contributed by atoms with E-state index in [0.29, 0.717) is 16.5 Å². The maximum Gasteiger partial charge on any atom is 0.282 e. The van der Waals surface area contributed by atoms with Crippen LogP contribution in [0.5, 0.6) is 0 Å². The van der Waals surface area contributed by atoms with Crippen LogP contribution < -0.4 is 11.1 Å². The fourth-order valence-corrected chi connectivity index (χ4v) is 5.00. The Labute approximate surface area is 167 Å². The summed E-state index contributed by atoms with van der Waals surface area (Å²) in [5, 5.41) is 14.3. The van der Waals surface area contributed by atoms with E-state index in [9.17, 15) is 19.7 Å². The summed E-state index contributed by atoms with van der Waals surface area (Å²) >= 11 is 1.34. The molecular formula is C20H23N3O4S. The van der Waals surface area contributed by atoms with E-state index in [-0.39, 0.29) is 16.7 Å². The van der Waals surface area contributed by atoms with E-state index in [1.165, 1.54) is 29.5 Å². The summed E-state index contributed by atoms with van der Waals surface area (Å²) < 4.78 is 0. The highest BCUT2D eigenvalue weighted by Crippen LogP contribution is 2.44. The van der Waals surface area contributed by atoms with Gasteiger partial charge in [0, 0.05) is 10.9 Å². The minimum Gasteiger partial charge on any atom is -0.365 e. The Morgan fingerprint density at radius 1 is 1.29 bits per heavy atom. The van der Waals surface area contributed by atoms with E-state index in [4.69, 9.17) is 5.73 Å². The highest BCUT2D eigenvalue weighted by atomic mass is 32.1. The number of nitro benzene ring substituents is 1. The number of primary amides is 1. The Bertz CT molecular complexity index is 959. The zero-order valence-corrected chi connectivity index (χ0v) is 16.9. The monoisotopic (exact) mass is 401 g/mol. The maximum atomic E-state index is 12.7. The fraction of sp³-hybridized carbons (Fsp3) is 0.400. The van der Waals surface area contributed by atoms with Gasteiger partial charge in [-0.1, -0.05) is 32.9 Å².